The molecule has 46 valence electrons. The van der Waals surface area contributed by atoms with Gasteiger partial charge in [0.1, 0.15) is 0 Å². The van der Waals surface area contributed by atoms with Crippen molar-refractivity contribution in [2.45, 2.75) is 12.0 Å². The summed E-state index contributed by atoms with van der Waals surface area (Å²) in [5.41, 5.74) is -0.537. The van der Waals surface area contributed by atoms with E-state index in [1.807, 2.05) is 0 Å². The van der Waals surface area contributed by atoms with E-state index in [-0.39, 0.29) is 0 Å². The Bertz CT molecular complexity index is 94.7. The SMILES string of the molecule is C=CC1(O)CCSC1. The van der Waals surface area contributed by atoms with E-state index in [0.29, 0.717) is 0 Å². The van der Waals surface area contributed by atoms with Crippen LogP contribution in [0, 0.1) is 0 Å². The van der Waals surface area contributed by atoms with Gasteiger partial charge in [0.2, 0.25) is 0 Å². The fourth-order valence-electron chi connectivity index (χ4n) is 0.731. The predicted molar refractivity (Wildman–Crippen MR) is 37.1 cm³/mol. The summed E-state index contributed by atoms with van der Waals surface area (Å²) in [7, 11) is 0. The Labute approximate surface area is 53.8 Å². The van der Waals surface area contributed by atoms with Crippen molar-refractivity contribution < 1.29 is 5.11 Å². The van der Waals surface area contributed by atoms with Crippen LogP contribution in [-0.2, 0) is 0 Å². The second kappa shape index (κ2) is 2.11. The minimum absolute atomic E-state index is 0.537. The lowest BCUT2D eigenvalue weighted by atomic mass is 10.1. The lowest BCUT2D eigenvalue weighted by molar-refractivity contribution is 0.120. The normalized spacial score (nSPS) is 37.6. The Morgan fingerprint density at radius 1 is 1.75 bits per heavy atom. The zero-order valence-electron chi connectivity index (χ0n) is 4.76. The largest absolute Gasteiger partial charge is 0.385 e. The summed E-state index contributed by atoms with van der Waals surface area (Å²) < 4.78 is 0. The molecule has 1 saturated heterocycles. The van der Waals surface area contributed by atoms with Crippen molar-refractivity contribution in [3.63, 3.8) is 0 Å². The minimum Gasteiger partial charge on any atom is -0.385 e. The molecule has 2 heteroatoms. The molecule has 1 aliphatic heterocycles. The number of rotatable bonds is 1. The van der Waals surface area contributed by atoms with Crippen LogP contribution in [-0.4, -0.2) is 22.2 Å². The zero-order chi connectivity index (χ0) is 6.04. The first kappa shape index (κ1) is 6.17. The van der Waals surface area contributed by atoms with E-state index in [1.165, 1.54) is 0 Å². The molecule has 0 aromatic heterocycles. The molecule has 8 heavy (non-hydrogen) atoms. The molecule has 1 N–H and O–H groups in total. The first-order valence-corrected chi connectivity index (χ1v) is 3.86. The van der Waals surface area contributed by atoms with Gasteiger partial charge in [-0.25, -0.2) is 0 Å². The van der Waals surface area contributed by atoms with Gasteiger partial charge in [0.15, 0.2) is 0 Å². The smallest absolute Gasteiger partial charge is 0.0922 e. The summed E-state index contributed by atoms with van der Waals surface area (Å²) in [4.78, 5) is 0. The van der Waals surface area contributed by atoms with E-state index >= 15 is 0 Å². The number of hydrogen-bond acceptors (Lipinski definition) is 2. The second-order valence-corrected chi connectivity index (χ2v) is 3.22. The van der Waals surface area contributed by atoms with E-state index in [0.717, 1.165) is 17.9 Å². The molecule has 0 aromatic rings. The first-order chi connectivity index (χ1) is 3.77. The van der Waals surface area contributed by atoms with Crippen LogP contribution in [0.5, 0.6) is 0 Å². The maximum Gasteiger partial charge on any atom is 0.0922 e. The average molecular weight is 130 g/mol. The first-order valence-electron chi connectivity index (χ1n) is 2.70. The number of aliphatic hydroxyl groups is 1. The fraction of sp³-hybridized carbons (Fsp3) is 0.667. The molecule has 1 atom stereocenters. The third-order valence-electron chi connectivity index (χ3n) is 1.41. The summed E-state index contributed by atoms with van der Waals surface area (Å²) in [5.74, 6) is 1.90. The van der Waals surface area contributed by atoms with Crippen LogP contribution in [0.1, 0.15) is 6.42 Å². The van der Waals surface area contributed by atoms with Crippen LogP contribution >= 0.6 is 11.8 Å². The molecule has 1 rings (SSSR count). The summed E-state index contributed by atoms with van der Waals surface area (Å²) in [5, 5.41) is 9.36. The molecule has 1 heterocycles. The molecular weight excluding hydrogens is 120 g/mol. The van der Waals surface area contributed by atoms with E-state index in [4.69, 9.17) is 0 Å². The van der Waals surface area contributed by atoms with Crippen LogP contribution in [0.15, 0.2) is 12.7 Å². The molecule has 0 spiro atoms. The molecule has 1 nitrogen and oxygen atoms in total. The van der Waals surface area contributed by atoms with Crippen molar-refractivity contribution >= 4 is 11.8 Å². The molecular formula is C6H10OS. The van der Waals surface area contributed by atoms with Gasteiger partial charge in [-0.1, -0.05) is 6.08 Å². The molecule has 1 aliphatic rings. The highest BCUT2D eigenvalue weighted by Crippen LogP contribution is 2.27. The van der Waals surface area contributed by atoms with Gasteiger partial charge in [0, 0.05) is 5.75 Å². The molecule has 1 fully saturated rings. The van der Waals surface area contributed by atoms with Crippen molar-refractivity contribution in [1.29, 1.82) is 0 Å². The van der Waals surface area contributed by atoms with E-state index < -0.39 is 5.60 Å². The lowest BCUT2D eigenvalue weighted by Crippen LogP contribution is -2.23. The van der Waals surface area contributed by atoms with Gasteiger partial charge >= 0.3 is 0 Å². The number of thioether (sulfide) groups is 1. The Kier molecular flexibility index (Phi) is 1.63. The standard InChI is InChI=1S/C6H10OS/c1-2-6(7)3-4-8-5-6/h2,7H,1,3-5H2. The van der Waals surface area contributed by atoms with Crippen molar-refractivity contribution in [2.24, 2.45) is 0 Å². The minimum atomic E-state index is -0.537. The molecule has 0 radical (unpaired) electrons. The van der Waals surface area contributed by atoms with Gasteiger partial charge in [0.25, 0.3) is 0 Å². The second-order valence-electron chi connectivity index (χ2n) is 2.11. The van der Waals surface area contributed by atoms with Crippen LogP contribution < -0.4 is 0 Å². The van der Waals surface area contributed by atoms with Gasteiger partial charge in [-0.15, -0.1) is 6.58 Å². The maximum atomic E-state index is 9.36. The summed E-state index contributed by atoms with van der Waals surface area (Å²) in [6.45, 7) is 3.55. The summed E-state index contributed by atoms with van der Waals surface area (Å²) in [6, 6.07) is 0. The quantitative estimate of drug-likeness (QED) is 0.535. The van der Waals surface area contributed by atoms with E-state index in [1.54, 1.807) is 17.8 Å². The molecule has 0 bridgehead atoms. The van der Waals surface area contributed by atoms with E-state index in [9.17, 15) is 5.11 Å². The Hall–Kier alpha value is 0.0500. The van der Waals surface area contributed by atoms with Crippen molar-refractivity contribution in [3.05, 3.63) is 12.7 Å². The monoisotopic (exact) mass is 130 g/mol. The highest BCUT2D eigenvalue weighted by molar-refractivity contribution is 7.99. The van der Waals surface area contributed by atoms with Crippen LogP contribution in [0.2, 0.25) is 0 Å². The fourth-order valence-corrected chi connectivity index (χ4v) is 1.99. The van der Waals surface area contributed by atoms with Crippen LogP contribution in [0.3, 0.4) is 0 Å². The van der Waals surface area contributed by atoms with Gasteiger partial charge in [-0.3, -0.25) is 0 Å². The van der Waals surface area contributed by atoms with Gasteiger partial charge in [-0.2, -0.15) is 11.8 Å². The van der Waals surface area contributed by atoms with Crippen molar-refractivity contribution in [2.75, 3.05) is 11.5 Å². The van der Waals surface area contributed by atoms with Gasteiger partial charge in [-0.05, 0) is 12.2 Å². The van der Waals surface area contributed by atoms with Crippen molar-refractivity contribution in [3.8, 4) is 0 Å². The van der Waals surface area contributed by atoms with Crippen LogP contribution in [0.4, 0.5) is 0 Å². The number of hydrogen-bond donors (Lipinski definition) is 1. The Morgan fingerprint density at radius 2 is 2.50 bits per heavy atom. The Morgan fingerprint density at radius 3 is 2.75 bits per heavy atom. The van der Waals surface area contributed by atoms with Gasteiger partial charge < -0.3 is 5.11 Å². The molecule has 0 saturated carbocycles. The van der Waals surface area contributed by atoms with E-state index in [2.05, 4.69) is 6.58 Å². The van der Waals surface area contributed by atoms with Gasteiger partial charge in [0.05, 0.1) is 5.60 Å². The molecule has 0 aliphatic carbocycles. The third-order valence-corrected chi connectivity index (χ3v) is 2.61. The average Bonchev–Trinajstić information content (AvgIpc) is 2.17. The maximum absolute atomic E-state index is 9.36. The van der Waals surface area contributed by atoms with Crippen molar-refractivity contribution in [1.82, 2.24) is 0 Å². The highest BCUT2D eigenvalue weighted by atomic mass is 32.2. The molecule has 0 amide bonds. The van der Waals surface area contributed by atoms with Crippen LogP contribution in [0.25, 0.3) is 0 Å². The predicted octanol–water partition coefficient (Wildman–Crippen LogP) is 1.04. The molecule has 0 aromatic carbocycles. The lowest BCUT2D eigenvalue weighted by Gasteiger charge is -2.13. The molecule has 1 unspecified atom stereocenters. The topological polar surface area (TPSA) is 20.2 Å². The highest BCUT2D eigenvalue weighted by Gasteiger charge is 2.27. The summed E-state index contributed by atoms with van der Waals surface area (Å²) >= 11 is 1.78. The third kappa shape index (κ3) is 1.06. The Balaban J connectivity index is 2.52. The summed E-state index contributed by atoms with van der Waals surface area (Å²) in [6.07, 6.45) is 2.52. The zero-order valence-corrected chi connectivity index (χ0v) is 5.58.